The van der Waals surface area contributed by atoms with Gasteiger partial charge in [-0.15, -0.1) is 0 Å². The first kappa shape index (κ1) is 20.8. The van der Waals surface area contributed by atoms with E-state index >= 15 is 0 Å². The highest BCUT2D eigenvalue weighted by Crippen LogP contribution is 2.31. The number of benzene rings is 2. The molecule has 2 aromatic carbocycles. The number of aromatic nitrogens is 1. The van der Waals surface area contributed by atoms with Crippen LogP contribution in [0.15, 0.2) is 36.4 Å². The molecule has 1 amide bonds. The first-order chi connectivity index (χ1) is 13.8. The van der Waals surface area contributed by atoms with Gasteiger partial charge in [0.2, 0.25) is 5.91 Å². The number of rotatable bonds is 7. The molecule has 3 aromatic rings. The average Bonchev–Trinajstić information content (AvgIpc) is 2.96. The van der Waals surface area contributed by atoms with Crippen molar-refractivity contribution in [3.63, 3.8) is 0 Å². The van der Waals surface area contributed by atoms with E-state index in [9.17, 15) is 4.79 Å². The lowest BCUT2D eigenvalue weighted by molar-refractivity contribution is -0.121. The summed E-state index contributed by atoms with van der Waals surface area (Å²) in [6.07, 6.45) is 0.403. The first-order valence-electron chi connectivity index (χ1n) is 10.00. The lowest BCUT2D eigenvalue weighted by Crippen LogP contribution is -2.28. The Hall–Kier alpha value is -2.95. The highest BCUT2D eigenvalue weighted by Gasteiger charge is 2.17. The van der Waals surface area contributed by atoms with Crippen LogP contribution in [0.2, 0.25) is 0 Å². The van der Waals surface area contributed by atoms with Crippen LogP contribution >= 0.6 is 0 Å². The predicted molar refractivity (Wildman–Crippen MR) is 117 cm³/mol. The van der Waals surface area contributed by atoms with Crippen LogP contribution in [0.1, 0.15) is 49.2 Å². The molecule has 5 heteroatoms. The molecule has 0 fully saturated rings. The smallest absolute Gasteiger partial charge is 0.224 e. The molecule has 0 saturated heterocycles. The SMILES string of the molecule is COc1cc(C(C)NC(=O)Cc2c(C)[nH]c3ccc(C)cc23)ccc1OC(C)C. The van der Waals surface area contributed by atoms with Gasteiger partial charge in [0, 0.05) is 16.6 Å². The van der Waals surface area contributed by atoms with Crippen molar-refractivity contribution in [1.82, 2.24) is 10.3 Å². The summed E-state index contributed by atoms with van der Waals surface area (Å²) in [5.74, 6) is 1.36. The van der Waals surface area contributed by atoms with E-state index in [0.29, 0.717) is 17.9 Å². The summed E-state index contributed by atoms with van der Waals surface area (Å²) in [5, 5.41) is 4.22. The lowest BCUT2D eigenvalue weighted by Gasteiger charge is -2.18. The van der Waals surface area contributed by atoms with E-state index in [0.717, 1.165) is 27.7 Å². The Bertz CT molecular complexity index is 1020. The van der Waals surface area contributed by atoms with E-state index < -0.39 is 0 Å². The summed E-state index contributed by atoms with van der Waals surface area (Å²) < 4.78 is 11.2. The number of carbonyl (C=O) groups is 1. The Morgan fingerprint density at radius 1 is 1.07 bits per heavy atom. The van der Waals surface area contributed by atoms with Crippen LogP contribution in [-0.2, 0) is 11.2 Å². The summed E-state index contributed by atoms with van der Waals surface area (Å²) >= 11 is 0. The van der Waals surface area contributed by atoms with Crippen molar-refractivity contribution in [2.24, 2.45) is 0 Å². The van der Waals surface area contributed by atoms with Crippen molar-refractivity contribution in [3.05, 3.63) is 58.8 Å². The fourth-order valence-corrected chi connectivity index (χ4v) is 3.57. The van der Waals surface area contributed by atoms with E-state index in [2.05, 4.69) is 35.4 Å². The summed E-state index contributed by atoms with van der Waals surface area (Å²) in [4.78, 5) is 16.1. The molecule has 154 valence electrons. The van der Waals surface area contributed by atoms with Gasteiger partial charge in [-0.1, -0.05) is 17.7 Å². The Morgan fingerprint density at radius 3 is 2.52 bits per heavy atom. The van der Waals surface area contributed by atoms with E-state index in [4.69, 9.17) is 9.47 Å². The second kappa shape index (κ2) is 8.60. The molecule has 2 N–H and O–H groups in total. The van der Waals surface area contributed by atoms with Gasteiger partial charge < -0.3 is 19.8 Å². The van der Waals surface area contributed by atoms with Gasteiger partial charge in [-0.3, -0.25) is 4.79 Å². The van der Waals surface area contributed by atoms with Crippen molar-refractivity contribution in [3.8, 4) is 11.5 Å². The molecule has 5 nitrogen and oxygen atoms in total. The summed E-state index contributed by atoms with van der Waals surface area (Å²) in [6, 6.07) is 11.9. The number of amides is 1. The van der Waals surface area contributed by atoms with E-state index in [-0.39, 0.29) is 18.1 Å². The van der Waals surface area contributed by atoms with Crippen LogP contribution < -0.4 is 14.8 Å². The van der Waals surface area contributed by atoms with Crippen LogP contribution in [0.4, 0.5) is 0 Å². The van der Waals surface area contributed by atoms with Gasteiger partial charge in [0.1, 0.15) is 0 Å². The van der Waals surface area contributed by atoms with E-state index in [1.807, 2.05) is 45.9 Å². The summed E-state index contributed by atoms with van der Waals surface area (Å²) in [7, 11) is 1.62. The topological polar surface area (TPSA) is 63.3 Å². The maximum Gasteiger partial charge on any atom is 0.224 e. The number of H-pyrrole nitrogens is 1. The second-order valence-electron chi connectivity index (χ2n) is 7.82. The van der Waals surface area contributed by atoms with E-state index in [1.165, 1.54) is 5.56 Å². The minimum absolute atomic E-state index is 0.00974. The van der Waals surface area contributed by atoms with E-state index in [1.54, 1.807) is 7.11 Å². The number of hydrogen-bond donors (Lipinski definition) is 2. The number of nitrogens with one attached hydrogen (secondary N) is 2. The van der Waals surface area contributed by atoms with Gasteiger partial charge in [-0.05, 0) is 70.0 Å². The number of carbonyl (C=O) groups excluding carboxylic acids is 1. The van der Waals surface area contributed by atoms with Gasteiger partial charge in [-0.2, -0.15) is 0 Å². The molecule has 1 heterocycles. The number of methoxy groups -OCH3 is 1. The fourth-order valence-electron chi connectivity index (χ4n) is 3.57. The van der Waals surface area contributed by atoms with Crippen LogP contribution in [0, 0.1) is 13.8 Å². The van der Waals surface area contributed by atoms with Crippen molar-refractivity contribution in [1.29, 1.82) is 0 Å². The Kier molecular flexibility index (Phi) is 6.16. The van der Waals surface area contributed by atoms with Crippen LogP contribution in [-0.4, -0.2) is 24.1 Å². The number of aromatic amines is 1. The van der Waals surface area contributed by atoms with Crippen molar-refractivity contribution in [2.45, 2.75) is 53.2 Å². The molecule has 0 radical (unpaired) electrons. The third-order valence-electron chi connectivity index (χ3n) is 5.04. The largest absolute Gasteiger partial charge is 0.493 e. The number of ether oxygens (including phenoxy) is 2. The number of fused-ring (bicyclic) bond motifs is 1. The molecule has 0 aliphatic rings. The minimum Gasteiger partial charge on any atom is -0.493 e. The van der Waals surface area contributed by atoms with Crippen LogP contribution in [0.25, 0.3) is 10.9 Å². The van der Waals surface area contributed by atoms with Crippen LogP contribution in [0.3, 0.4) is 0 Å². The van der Waals surface area contributed by atoms with Gasteiger partial charge in [0.25, 0.3) is 0 Å². The standard InChI is InChI=1S/C24H30N2O3/c1-14(2)29-22-10-8-18(12-23(22)28-6)16(4)26-24(27)13-19-17(5)25-21-9-7-15(3)11-20(19)21/h7-12,14,16,25H,13H2,1-6H3,(H,26,27). The monoisotopic (exact) mass is 394 g/mol. The molecular formula is C24H30N2O3. The van der Waals surface area contributed by atoms with Gasteiger partial charge in [0.05, 0.1) is 25.7 Å². The summed E-state index contributed by atoms with van der Waals surface area (Å²) in [6.45, 7) is 10.0. The van der Waals surface area contributed by atoms with Crippen molar-refractivity contribution >= 4 is 16.8 Å². The first-order valence-corrected chi connectivity index (χ1v) is 10.00. The average molecular weight is 395 g/mol. The summed E-state index contributed by atoms with van der Waals surface area (Å²) in [5.41, 5.74) is 5.30. The Labute approximate surface area is 172 Å². The molecule has 0 aliphatic carbocycles. The van der Waals surface area contributed by atoms with Crippen LogP contribution in [0.5, 0.6) is 11.5 Å². The molecule has 0 bridgehead atoms. The maximum absolute atomic E-state index is 12.8. The maximum atomic E-state index is 12.8. The normalized spacial score (nSPS) is 12.2. The Morgan fingerprint density at radius 2 is 1.83 bits per heavy atom. The molecule has 3 rings (SSSR count). The predicted octanol–water partition coefficient (Wildman–Crippen LogP) is 5.00. The third-order valence-corrected chi connectivity index (χ3v) is 5.04. The highest BCUT2D eigenvalue weighted by atomic mass is 16.5. The molecule has 0 aliphatic heterocycles. The molecular weight excluding hydrogens is 364 g/mol. The fraction of sp³-hybridized carbons (Fsp3) is 0.375. The number of aryl methyl sites for hydroxylation is 2. The zero-order chi connectivity index (χ0) is 21.1. The molecule has 0 saturated carbocycles. The Balaban J connectivity index is 1.74. The van der Waals surface area contributed by atoms with Crippen molar-refractivity contribution in [2.75, 3.05) is 7.11 Å². The van der Waals surface area contributed by atoms with Crippen molar-refractivity contribution < 1.29 is 14.3 Å². The van der Waals surface area contributed by atoms with Gasteiger partial charge in [-0.25, -0.2) is 0 Å². The molecule has 0 spiro atoms. The zero-order valence-electron chi connectivity index (χ0n) is 18.1. The highest BCUT2D eigenvalue weighted by molar-refractivity contribution is 5.90. The van der Waals surface area contributed by atoms with Gasteiger partial charge >= 0.3 is 0 Å². The minimum atomic E-state index is -0.142. The zero-order valence-corrected chi connectivity index (χ0v) is 18.1. The quantitative estimate of drug-likeness (QED) is 0.593. The van der Waals surface area contributed by atoms with Gasteiger partial charge in [0.15, 0.2) is 11.5 Å². The third kappa shape index (κ3) is 4.73. The molecule has 1 unspecified atom stereocenters. The molecule has 1 aromatic heterocycles. The lowest BCUT2D eigenvalue weighted by atomic mass is 10.0. The number of hydrogen-bond acceptors (Lipinski definition) is 3. The molecule has 1 atom stereocenters. The second-order valence-corrected chi connectivity index (χ2v) is 7.82. The molecule has 29 heavy (non-hydrogen) atoms.